The second kappa shape index (κ2) is 5.97. The second-order valence-electron chi connectivity index (χ2n) is 5.13. The van der Waals surface area contributed by atoms with Gasteiger partial charge >= 0.3 is 0 Å². The van der Waals surface area contributed by atoms with Crippen LogP contribution in [0.25, 0.3) is 11.1 Å². The first kappa shape index (κ1) is 13.7. The van der Waals surface area contributed by atoms with Gasteiger partial charge in [0.1, 0.15) is 0 Å². The summed E-state index contributed by atoms with van der Waals surface area (Å²) in [4.78, 5) is 4.35. The number of nitrogens with one attached hydrogen (secondary N) is 1. The number of hydrogen-bond acceptors (Lipinski definition) is 3. The summed E-state index contributed by atoms with van der Waals surface area (Å²) in [7, 11) is 1.96. The molecule has 2 rings (SSSR count). The van der Waals surface area contributed by atoms with Gasteiger partial charge in [-0.15, -0.1) is 0 Å². The van der Waals surface area contributed by atoms with Crippen LogP contribution in [-0.4, -0.2) is 20.8 Å². The van der Waals surface area contributed by atoms with Crippen LogP contribution in [0.5, 0.6) is 0 Å². The Kier molecular flexibility index (Phi) is 4.32. The van der Waals surface area contributed by atoms with Crippen molar-refractivity contribution < 1.29 is 0 Å². The van der Waals surface area contributed by atoms with E-state index in [1.807, 2.05) is 24.1 Å². The van der Waals surface area contributed by atoms with E-state index in [9.17, 15) is 0 Å². The summed E-state index contributed by atoms with van der Waals surface area (Å²) in [6.45, 7) is 7.27. The van der Waals surface area contributed by atoms with Crippen molar-refractivity contribution in [3.05, 3.63) is 35.9 Å². The Bertz CT molecular complexity index is 543. The minimum absolute atomic E-state index is 0.480. The highest BCUT2D eigenvalue weighted by Crippen LogP contribution is 2.23. The van der Waals surface area contributed by atoms with E-state index >= 15 is 0 Å². The van der Waals surface area contributed by atoms with E-state index in [2.05, 4.69) is 48.4 Å². The molecular weight excluding hydrogens is 236 g/mol. The molecule has 102 valence electrons. The zero-order chi connectivity index (χ0) is 13.8. The average molecular weight is 258 g/mol. The van der Waals surface area contributed by atoms with E-state index in [1.165, 1.54) is 11.1 Å². The molecule has 0 saturated heterocycles. The molecule has 0 bridgehead atoms. The number of hydrogen-bond donors (Lipinski definition) is 1. The summed E-state index contributed by atoms with van der Waals surface area (Å²) >= 11 is 0. The smallest absolute Gasteiger partial charge is 0.0700 e. The molecule has 0 aliphatic heterocycles. The molecule has 0 spiro atoms. The molecule has 0 aliphatic carbocycles. The van der Waals surface area contributed by atoms with Crippen LogP contribution in [0.15, 0.2) is 24.7 Å². The van der Waals surface area contributed by atoms with E-state index in [4.69, 9.17) is 0 Å². The maximum Gasteiger partial charge on any atom is 0.0700 e. The number of aromatic nitrogens is 3. The van der Waals surface area contributed by atoms with Crippen molar-refractivity contribution in [1.82, 2.24) is 20.1 Å². The summed E-state index contributed by atoms with van der Waals surface area (Å²) in [6.07, 6.45) is 6.83. The van der Waals surface area contributed by atoms with Crippen molar-refractivity contribution in [2.45, 2.75) is 39.8 Å². The normalized spacial score (nSPS) is 11.2. The van der Waals surface area contributed by atoms with Crippen LogP contribution in [0.2, 0.25) is 0 Å². The van der Waals surface area contributed by atoms with Gasteiger partial charge in [0.2, 0.25) is 0 Å². The number of pyridine rings is 1. The molecule has 0 radical (unpaired) electrons. The maximum absolute atomic E-state index is 4.48. The minimum atomic E-state index is 0.480. The molecule has 2 aromatic rings. The Labute approximate surface area is 114 Å². The van der Waals surface area contributed by atoms with Crippen molar-refractivity contribution in [2.24, 2.45) is 7.05 Å². The predicted molar refractivity (Wildman–Crippen MR) is 77.8 cm³/mol. The molecule has 2 heterocycles. The number of aryl methyl sites for hydroxylation is 2. The van der Waals surface area contributed by atoms with Crippen LogP contribution in [0, 0.1) is 0 Å². The fourth-order valence-electron chi connectivity index (χ4n) is 2.09. The van der Waals surface area contributed by atoms with E-state index in [0.717, 1.165) is 24.2 Å². The fourth-order valence-corrected chi connectivity index (χ4v) is 2.09. The van der Waals surface area contributed by atoms with Crippen LogP contribution in [0.4, 0.5) is 0 Å². The van der Waals surface area contributed by atoms with Crippen LogP contribution in [-0.2, 0) is 20.0 Å². The Morgan fingerprint density at radius 3 is 2.79 bits per heavy atom. The Morgan fingerprint density at radius 2 is 2.11 bits per heavy atom. The first-order chi connectivity index (χ1) is 9.10. The third-order valence-corrected chi connectivity index (χ3v) is 3.06. The molecule has 0 atom stereocenters. The lowest BCUT2D eigenvalue weighted by atomic mass is 10.1. The Balaban J connectivity index is 2.27. The average Bonchev–Trinajstić information content (AvgIpc) is 2.78. The summed E-state index contributed by atoms with van der Waals surface area (Å²) in [6, 6.07) is 2.67. The summed E-state index contributed by atoms with van der Waals surface area (Å²) in [5.74, 6) is 0. The highest BCUT2D eigenvalue weighted by molar-refractivity contribution is 5.65. The molecule has 0 aliphatic rings. The van der Waals surface area contributed by atoms with Gasteiger partial charge in [0.05, 0.1) is 5.69 Å². The monoisotopic (exact) mass is 258 g/mol. The topological polar surface area (TPSA) is 42.7 Å². The van der Waals surface area contributed by atoms with Crippen molar-refractivity contribution in [3.63, 3.8) is 0 Å². The first-order valence-electron chi connectivity index (χ1n) is 6.80. The zero-order valence-corrected chi connectivity index (χ0v) is 12.1. The Hall–Kier alpha value is -1.68. The molecule has 0 amide bonds. The zero-order valence-electron chi connectivity index (χ0n) is 12.1. The molecule has 0 unspecified atom stereocenters. The SMILES string of the molecule is CCc1nn(C)cc1-c1cncc(CNC(C)C)c1. The highest BCUT2D eigenvalue weighted by atomic mass is 15.2. The summed E-state index contributed by atoms with van der Waals surface area (Å²) in [5, 5.41) is 7.90. The van der Waals surface area contributed by atoms with Gasteiger partial charge in [0, 0.05) is 49.4 Å². The first-order valence-corrected chi connectivity index (χ1v) is 6.80. The summed E-state index contributed by atoms with van der Waals surface area (Å²) < 4.78 is 1.87. The van der Waals surface area contributed by atoms with Crippen molar-refractivity contribution >= 4 is 0 Å². The fraction of sp³-hybridized carbons (Fsp3) is 0.467. The number of nitrogens with zero attached hydrogens (tertiary/aromatic N) is 3. The highest BCUT2D eigenvalue weighted by Gasteiger charge is 2.09. The summed E-state index contributed by atoms with van der Waals surface area (Å²) in [5.41, 5.74) is 4.66. The largest absolute Gasteiger partial charge is 0.310 e. The third-order valence-electron chi connectivity index (χ3n) is 3.06. The van der Waals surface area contributed by atoms with Crippen LogP contribution < -0.4 is 5.32 Å². The molecule has 2 aromatic heterocycles. The molecule has 0 saturated carbocycles. The molecule has 1 N–H and O–H groups in total. The van der Waals surface area contributed by atoms with Gasteiger partial charge in [-0.25, -0.2) is 0 Å². The molecule has 4 nitrogen and oxygen atoms in total. The molecule has 19 heavy (non-hydrogen) atoms. The molecule has 4 heteroatoms. The van der Waals surface area contributed by atoms with Gasteiger partial charge in [0.15, 0.2) is 0 Å². The Morgan fingerprint density at radius 1 is 1.32 bits per heavy atom. The molecule has 0 aromatic carbocycles. The molecular formula is C15H22N4. The van der Waals surface area contributed by atoms with Crippen molar-refractivity contribution in [2.75, 3.05) is 0 Å². The lowest BCUT2D eigenvalue weighted by molar-refractivity contribution is 0.588. The van der Waals surface area contributed by atoms with Crippen LogP contribution in [0.3, 0.4) is 0 Å². The maximum atomic E-state index is 4.48. The minimum Gasteiger partial charge on any atom is -0.310 e. The molecule has 0 fully saturated rings. The quantitative estimate of drug-likeness (QED) is 0.896. The van der Waals surface area contributed by atoms with E-state index < -0.39 is 0 Å². The van der Waals surface area contributed by atoms with Gasteiger partial charge in [-0.3, -0.25) is 9.67 Å². The lowest BCUT2D eigenvalue weighted by Crippen LogP contribution is -2.21. The van der Waals surface area contributed by atoms with Gasteiger partial charge < -0.3 is 5.32 Å². The number of rotatable bonds is 5. The van der Waals surface area contributed by atoms with E-state index in [-0.39, 0.29) is 0 Å². The van der Waals surface area contributed by atoms with Crippen molar-refractivity contribution in [1.29, 1.82) is 0 Å². The van der Waals surface area contributed by atoms with Gasteiger partial charge in [-0.2, -0.15) is 5.10 Å². The second-order valence-corrected chi connectivity index (χ2v) is 5.13. The van der Waals surface area contributed by atoms with Crippen LogP contribution >= 0.6 is 0 Å². The predicted octanol–water partition coefficient (Wildman–Crippen LogP) is 2.54. The van der Waals surface area contributed by atoms with Crippen molar-refractivity contribution in [3.8, 4) is 11.1 Å². The van der Waals surface area contributed by atoms with E-state index in [0.29, 0.717) is 6.04 Å². The van der Waals surface area contributed by atoms with E-state index in [1.54, 1.807) is 0 Å². The van der Waals surface area contributed by atoms with Gasteiger partial charge in [-0.05, 0) is 18.1 Å². The lowest BCUT2D eigenvalue weighted by Gasteiger charge is -2.09. The third kappa shape index (κ3) is 3.41. The van der Waals surface area contributed by atoms with Gasteiger partial charge in [-0.1, -0.05) is 20.8 Å². The van der Waals surface area contributed by atoms with Crippen LogP contribution in [0.1, 0.15) is 32.0 Å². The van der Waals surface area contributed by atoms with Gasteiger partial charge in [0.25, 0.3) is 0 Å². The standard InChI is InChI=1S/C15H22N4/c1-5-15-14(10-19(4)18-15)13-6-12(7-16-9-13)8-17-11(2)3/h6-7,9-11,17H,5,8H2,1-4H3.